The highest BCUT2D eigenvalue weighted by molar-refractivity contribution is 7.86. The van der Waals surface area contributed by atoms with Gasteiger partial charge in [0.2, 0.25) is 5.60 Å². The Bertz CT molecular complexity index is 2050. The van der Waals surface area contributed by atoms with E-state index >= 15 is 0 Å². The monoisotopic (exact) mass is 818 g/mol. The fraction of sp³-hybridized carbons (Fsp3) is 0.436. The van der Waals surface area contributed by atoms with Crippen molar-refractivity contribution >= 4 is 39.8 Å². The lowest BCUT2D eigenvalue weighted by Crippen LogP contribution is -2.58. The summed E-state index contributed by atoms with van der Waals surface area (Å²) in [5, 5.41) is 9.63. The smallest absolute Gasteiger partial charge is 0.417 e. The number of hydrogen-bond donors (Lipinski definition) is 1. The molecule has 1 fully saturated rings. The first-order valence-electron chi connectivity index (χ1n) is 18.2. The van der Waals surface area contributed by atoms with Gasteiger partial charge in [0.1, 0.15) is 19.0 Å². The highest BCUT2D eigenvalue weighted by Gasteiger charge is 2.49. The lowest BCUT2D eigenvalue weighted by atomic mass is 9.96. The molecule has 0 aromatic heterocycles. The van der Waals surface area contributed by atoms with Gasteiger partial charge in [0.25, 0.3) is 21.9 Å². The van der Waals surface area contributed by atoms with Crippen LogP contribution in [0.2, 0.25) is 0 Å². The Morgan fingerprint density at radius 1 is 1.04 bits per heavy atom. The number of benzene rings is 3. The Morgan fingerprint density at radius 3 is 2.25 bits per heavy atom. The molecule has 308 valence electrons. The molecule has 0 spiro atoms. The van der Waals surface area contributed by atoms with E-state index in [0.717, 1.165) is 29.0 Å². The first-order valence-corrected chi connectivity index (χ1v) is 20.0. The number of carbonyl (C=O) groups excluding carboxylic acids is 3. The molecule has 2 heterocycles. The number of amides is 4. The van der Waals surface area contributed by atoms with Gasteiger partial charge in [-0.2, -0.15) is 21.6 Å². The Kier molecular flexibility index (Phi) is 13.1. The van der Waals surface area contributed by atoms with Gasteiger partial charge in [-0.05, 0) is 56.9 Å². The summed E-state index contributed by atoms with van der Waals surface area (Å²) in [6.45, 7) is 2.91. The number of anilines is 1. The molecule has 14 nitrogen and oxygen atoms in total. The van der Waals surface area contributed by atoms with Crippen LogP contribution >= 0.6 is 0 Å². The largest absolute Gasteiger partial charge is 0.473 e. The molecule has 5 rings (SSSR count). The van der Waals surface area contributed by atoms with Gasteiger partial charge in [0.05, 0.1) is 29.1 Å². The molecule has 1 N–H and O–H groups in total. The zero-order valence-electron chi connectivity index (χ0n) is 31.9. The number of nitrogens with zero attached hydrogens (tertiary/aromatic N) is 4. The van der Waals surface area contributed by atoms with Crippen molar-refractivity contribution in [2.24, 2.45) is 0 Å². The van der Waals surface area contributed by atoms with Gasteiger partial charge in [0.15, 0.2) is 0 Å². The second-order valence-electron chi connectivity index (χ2n) is 14.4. The summed E-state index contributed by atoms with van der Waals surface area (Å²) in [5.41, 5.74) is -3.21. The molecule has 1 unspecified atom stereocenters. The van der Waals surface area contributed by atoms with Crippen LogP contribution in [0.15, 0.2) is 72.8 Å². The fourth-order valence-corrected chi connectivity index (χ4v) is 7.31. The Morgan fingerprint density at radius 2 is 1.67 bits per heavy atom. The van der Waals surface area contributed by atoms with Crippen LogP contribution in [0.3, 0.4) is 0 Å². The van der Waals surface area contributed by atoms with Gasteiger partial charge >= 0.3 is 18.4 Å². The first-order chi connectivity index (χ1) is 26.8. The predicted octanol–water partition coefficient (Wildman–Crippen LogP) is 6.00. The standard InChI is InChI=1S/C39H45F3N4O10S/c1-26(2)46(29-16-11-17-43(23-29)36(49)50)34(47)30-20-32-33(21-31(30)39(40,41)42)56-38(3,25-55-57(4,52)53)35(48)45(32)19-18-44(22-27-12-7-5-8-13-27)37(51)54-24-28-14-9-6-10-15-28/h5-10,12-15,20-21,26,29H,11,16-19,22-25H2,1-4H3,(H,49,50)/t29-,38?/m1/s1. The van der Waals surface area contributed by atoms with Gasteiger partial charge in [-0.15, -0.1) is 0 Å². The molecule has 4 amide bonds. The lowest BCUT2D eigenvalue weighted by molar-refractivity contribution is -0.139. The number of halogens is 3. The molecule has 18 heteroatoms. The van der Waals surface area contributed by atoms with Crippen molar-refractivity contribution in [2.75, 3.05) is 43.9 Å². The van der Waals surface area contributed by atoms with Crippen LogP contribution in [0.1, 0.15) is 60.7 Å². The molecule has 0 radical (unpaired) electrons. The maximum absolute atomic E-state index is 14.9. The third-order valence-electron chi connectivity index (χ3n) is 9.63. The topological polar surface area (TPSA) is 163 Å². The summed E-state index contributed by atoms with van der Waals surface area (Å²) in [7, 11) is -4.16. The van der Waals surface area contributed by atoms with E-state index in [1.807, 2.05) is 0 Å². The summed E-state index contributed by atoms with van der Waals surface area (Å²) in [4.78, 5) is 58.8. The highest BCUT2D eigenvalue weighted by atomic mass is 32.2. The summed E-state index contributed by atoms with van der Waals surface area (Å²) >= 11 is 0. The molecule has 57 heavy (non-hydrogen) atoms. The third-order valence-corrected chi connectivity index (χ3v) is 10.2. The molecule has 0 aliphatic carbocycles. The van der Waals surface area contributed by atoms with E-state index in [2.05, 4.69) is 0 Å². The number of ether oxygens (including phenoxy) is 2. The Labute approximate surface area is 328 Å². The summed E-state index contributed by atoms with van der Waals surface area (Å²) in [6, 6.07) is 17.8. The van der Waals surface area contributed by atoms with Gasteiger partial charge in [0, 0.05) is 38.8 Å². The number of fused-ring (bicyclic) bond motifs is 1. The molecule has 2 aliphatic heterocycles. The fourth-order valence-electron chi connectivity index (χ4n) is 6.87. The predicted molar refractivity (Wildman–Crippen MR) is 201 cm³/mol. The second kappa shape index (κ2) is 17.4. The van der Waals surface area contributed by atoms with E-state index in [9.17, 15) is 45.9 Å². The summed E-state index contributed by atoms with van der Waals surface area (Å²) in [5.74, 6) is -2.46. The third kappa shape index (κ3) is 10.5. The van der Waals surface area contributed by atoms with Crippen molar-refractivity contribution in [3.63, 3.8) is 0 Å². The molecule has 3 aromatic carbocycles. The van der Waals surface area contributed by atoms with Gasteiger partial charge in [-0.3, -0.25) is 13.8 Å². The minimum Gasteiger partial charge on any atom is -0.473 e. The van der Waals surface area contributed by atoms with Gasteiger partial charge < -0.3 is 34.2 Å². The van der Waals surface area contributed by atoms with E-state index < -0.39 is 81.5 Å². The Balaban J connectivity index is 1.57. The highest BCUT2D eigenvalue weighted by Crippen LogP contribution is 2.45. The van der Waals surface area contributed by atoms with Crippen molar-refractivity contribution < 1.29 is 59.5 Å². The van der Waals surface area contributed by atoms with Crippen molar-refractivity contribution in [1.29, 1.82) is 0 Å². The number of alkyl halides is 3. The van der Waals surface area contributed by atoms with Crippen LogP contribution in [-0.4, -0.2) is 109 Å². The molecule has 2 aliphatic rings. The molecule has 1 saturated heterocycles. The maximum atomic E-state index is 14.9. The normalized spacial score (nSPS) is 18.5. The number of carbonyl (C=O) groups is 4. The van der Waals surface area contributed by atoms with E-state index in [4.69, 9.17) is 13.7 Å². The van der Waals surface area contributed by atoms with Gasteiger partial charge in [-0.25, -0.2) is 9.59 Å². The number of piperidine rings is 1. The van der Waals surface area contributed by atoms with Crippen LogP contribution in [-0.2, 0) is 43.2 Å². The average molecular weight is 819 g/mol. The van der Waals surface area contributed by atoms with Crippen LogP contribution < -0.4 is 9.64 Å². The number of likely N-dealkylation sites (tertiary alicyclic amines) is 1. The SMILES string of the molecule is CC(C)N(C(=O)c1cc2c(cc1C(F)(F)F)OC(C)(COS(C)(=O)=O)C(=O)N2CCN(Cc1ccccc1)C(=O)OCc1ccccc1)[C@@H]1CCCN(C(=O)O)C1. The van der Waals surface area contributed by atoms with Crippen molar-refractivity contribution in [3.8, 4) is 5.75 Å². The molecule has 0 bridgehead atoms. The summed E-state index contributed by atoms with van der Waals surface area (Å²) < 4.78 is 85.1. The van der Waals surface area contributed by atoms with Crippen LogP contribution in [0.4, 0.5) is 28.4 Å². The summed E-state index contributed by atoms with van der Waals surface area (Å²) in [6.07, 6.45) is -5.65. The first kappa shape index (κ1) is 42.8. The zero-order valence-corrected chi connectivity index (χ0v) is 32.7. The van der Waals surface area contributed by atoms with E-state index in [0.29, 0.717) is 30.0 Å². The molecule has 3 aromatic rings. The molecule has 2 atom stereocenters. The molecular weight excluding hydrogens is 774 g/mol. The van der Waals surface area contributed by atoms with Crippen molar-refractivity contribution in [3.05, 3.63) is 95.1 Å². The number of rotatable bonds is 13. The Hall–Kier alpha value is -5.36. The van der Waals surface area contributed by atoms with E-state index in [-0.39, 0.29) is 45.0 Å². The van der Waals surface area contributed by atoms with Gasteiger partial charge in [-0.1, -0.05) is 60.7 Å². The quantitative estimate of drug-likeness (QED) is 0.203. The zero-order chi connectivity index (χ0) is 41.7. The maximum Gasteiger partial charge on any atom is 0.417 e. The molecule has 0 saturated carbocycles. The van der Waals surface area contributed by atoms with Crippen LogP contribution in [0, 0.1) is 0 Å². The van der Waals surface area contributed by atoms with Crippen LogP contribution in [0.25, 0.3) is 0 Å². The second-order valence-corrected chi connectivity index (χ2v) is 16.0. The minimum absolute atomic E-state index is 0.0170. The van der Waals surface area contributed by atoms with Crippen LogP contribution in [0.5, 0.6) is 5.75 Å². The lowest BCUT2D eigenvalue weighted by Gasteiger charge is -2.42. The van der Waals surface area contributed by atoms with Crippen molar-refractivity contribution in [2.45, 2.75) is 70.6 Å². The molecular formula is C39H45F3N4O10S. The minimum atomic E-state index is -5.12. The van der Waals surface area contributed by atoms with E-state index in [1.165, 1.54) is 9.80 Å². The average Bonchev–Trinajstić information content (AvgIpc) is 3.15. The number of carboxylic acid groups (broad SMARTS) is 1. The number of hydrogen-bond acceptors (Lipinski definition) is 9. The van der Waals surface area contributed by atoms with E-state index in [1.54, 1.807) is 74.5 Å². The van der Waals surface area contributed by atoms with Crippen molar-refractivity contribution in [1.82, 2.24) is 14.7 Å².